The minimum absolute atomic E-state index is 0.237. The standard InChI is InChI=1S/C17H14ClFINO2S/c1-22-15-7-11(17-21-4-5-24-17)6-14(20)16(15)23-9-10-2-3-12(19)8-13(10)18/h2-3,6-8H,4-5,9H2,1H3. The maximum atomic E-state index is 13.1. The maximum Gasteiger partial charge on any atom is 0.174 e. The van der Waals surface area contributed by atoms with Crippen LogP contribution in [-0.2, 0) is 6.61 Å². The van der Waals surface area contributed by atoms with Gasteiger partial charge < -0.3 is 9.47 Å². The number of hydrogen-bond acceptors (Lipinski definition) is 4. The van der Waals surface area contributed by atoms with E-state index >= 15 is 0 Å². The Hall–Kier alpha value is -0.990. The predicted molar refractivity (Wildman–Crippen MR) is 105 cm³/mol. The number of thioether (sulfide) groups is 1. The molecule has 7 heteroatoms. The topological polar surface area (TPSA) is 30.8 Å². The first-order valence-electron chi connectivity index (χ1n) is 7.20. The number of aliphatic imine (C=N–C) groups is 1. The van der Waals surface area contributed by atoms with Crippen molar-refractivity contribution in [3.63, 3.8) is 0 Å². The summed E-state index contributed by atoms with van der Waals surface area (Å²) >= 11 is 10.0. The molecule has 0 bridgehead atoms. The minimum Gasteiger partial charge on any atom is -0.493 e. The Morgan fingerprint density at radius 3 is 2.83 bits per heavy atom. The number of hydrogen-bond donors (Lipinski definition) is 0. The summed E-state index contributed by atoms with van der Waals surface area (Å²) in [5.41, 5.74) is 1.75. The summed E-state index contributed by atoms with van der Waals surface area (Å²) < 4.78 is 25.4. The molecular weight excluding hydrogens is 464 g/mol. The van der Waals surface area contributed by atoms with E-state index in [0.717, 1.165) is 32.0 Å². The van der Waals surface area contributed by atoms with Crippen molar-refractivity contribution in [3.05, 3.63) is 55.9 Å². The zero-order valence-electron chi connectivity index (χ0n) is 12.8. The third-order valence-electron chi connectivity index (χ3n) is 3.45. The summed E-state index contributed by atoms with van der Waals surface area (Å²) in [6.07, 6.45) is 0. The summed E-state index contributed by atoms with van der Waals surface area (Å²) in [4.78, 5) is 4.49. The van der Waals surface area contributed by atoms with Gasteiger partial charge in [0.15, 0.2) is 11.5 Å². The first kappa shape index (κ1) is 17.8. The fourth-order valence-corrected chi connectivity index (χ4v) is 4.10. The Kier molecular flexibility index (Phi) is 5.89. The monoisotopic (exact) mass is 477 g/mol. The van der Waals surface area contributed by atoms with E-state index in [4.69, 9.17) is 21.1 Å². The summed E-state index contributed by atoms with van der Waals surface area (Å²) in [6, 6.07) is 8.23. The van der Waals surface area contributed by atoms with Crippen LogP contribution in [0.1, 0.15) is 11.1 Å². The Balaban J connectivity index is 1.84. The fraction of sp³-hybridized carbons (Fsp3) is 0.235. The van der Waals surface area contributed by atoms with E-state index in [1.165, 1.54) is 12.1 Å². The van der Waals surface area contributed by atoms with Gasteiger partial charge >= 0.3 is 0 Å². The minimum atomic E-state index is -0.366. The fourth-order valence-electron chi connectivity index (χ4n) is 2.28. The highest BCUT2D eigenvalue weighted by atomic mass is 127. The van der Waals surface area contributed by atoms with Crippen molar-refractivity contribution in [2.75, 3.05) is 19.4 Å². The van der Waals surface area contributed by atoms with Crippen LogP contribution in [0.2, 0.25) is 5.02 Å². The summed E-state index contributed by atoms with van der Waals surface area (Å²) in [6.45, 7) is 1.08. The highest BCUT2D eigenvalue weighted by Crippen LogP contribution is 2.36. The molecule has 2 aromatic rings. The number of halogens is 3. The summed E-state index contributed by atoms with van der Waals surface area (Å²) in [7, 11) is 1.61. The second kappa shape index (κ2) is 7.93. The molecular formula is C17H14ClFINO2S. The molecule has 0 saturated carbocycles. The van der Waals surface area contributed by atoms with E-state index < -0.39 is 0 Å². The number of nitrogens with zero attached hydrogens (tertiary/aromatic N) is 1. The highest BCUT2D eigenvalue weighted by Gasteiger charge is 2.17. The van der Waals surface area contributed by atoms with Crippen molar-refractivity contribution in [1.29, 1.82) is 0 Å². The molecule has 0 atom stereocenters. The Labute approximate surface area is 162 Å². The lowest BCUT2D eigenvalue weighted by Crippen LogP contribution is -2.03. The van der Waals surface area contributed by atoms with Crippen molar-refractivity contribution in [3.8, 4) is 11.5 Å². The molecule has 1 heterocycles. The van der Waals surface area contributed by atoms with Crippen LogP contribution in [0, 0.1) is 9.39 Å². The second-order valence-corrected chi connectivity index (χ2v) is 7.70. The molecule has 0 fully saturated rings. The largest absolute Gasteiger partial charge is 0.493 e. The van der Waals surface area contributed by atoms with Gasteiger partial charge in [-0.3, -0.25) is 4.99 Å². The van der Waals surface area contributed by atoms with Crippen LogP contribution >= 0.6 is 46.0 Å². The summed E-state index contributed by atoms with van der Waals surface area (Å²) in [5, 5.41) is 1.37. The van der Waals surface area contributed by atoms with Gasteiger partial charge in [0.2, 0.25) is 0 Å². The lowest BCUT2D eigenvalue weighted by molar-refractivity contribution is 0.282. The van der Waals surface area contributed by atoms with E-state index in [-0.39, 0.29) is 12.4 Å². The molecule has 126 valence electrons. The maximum absolute atomic E-state index is 13.1. The van der Waals surface area contributed by atoms with E-state index in [9.17, 15) is 4.39 Å². The molecule has 0 spiro atoms. The van der Waals surface area contributed by atoms with Gasteiger partial charge in [-0.1, -0.05) is 17.7 Å². The van der Waals surface area contributed by atoms with Gasteiger partial charge in [-0.05, 0) is 46.9 Å². The van der Waals surface area contributed by atoms with Crippen molar-refractivity contribution >= 4 is 51.0 Å². The number of methoxy groups -OCH3 is 1. The van der Waals surface area contributed by atoms with Crippen molar-refractivity contribution in [2.24, 2.45) is 4.99 Å². The molecule has 3 nitrogen and oxygen atoms in total. The van der Waals surface area contributed by atoms with Gasteiger partial charge in [-0.25, -0.2) is 4.39 Å². The molecule has 0 unspecified atom stereocenters. The van der Waals surface area contributed by atoms with Crippen molar-refractivity contribution in [1.82, 2.24) is 0 Å². The highest BCUT2D eigenvalue weighted by molar-refractivity contribution is 14.1. The molecule has 2 aromatic carbocycles. The number of rotatable bonds is 5. The first-order valence-corrected chi connectivity index (χ1v) is 9.64. The van der Waals surface area contributed by atoms with Crippen molar-refractivity contribution < 1.29 is 13.9 Å². The molecule has 0 N–H and O–H groups in total. The molecule has 3 rings (SSSR count). The van der Waals surface area contributed by atoms with Gasteiger partial charge in [0.1, 0.15) is 12.4 Å². The molecule has 1 aliphatic rings. The summed E-state index contributed by atoms with van der Waals surface area (Å²) in [5.74, 6) is 1.93. The Bertz CT molecular complexity index is 800. The van der Waals surface area contributed by atoms with E-state index in [2.05, 4.69) is 27.6 Å². The molecule has 0 aliphatic carbocycles. The Morgan fingerprint density at radius 2 is 2.17 bits per heavy atom. The molecule has 0 radical (unpaired) electrons. The molecule has 1 aliphatic heterocycles. The normalized spacial score (nSPS) is 13.8. The Morgan fingerprint density at radius 1 is 1.33 bits per heavy atom. The van der Waals surface area contributed by atoms with Gasteiger partial charge in [-0.15, -0.1) is 11.8 Å². The average molecular weight is 478 g/mol. The second-order valence-electron chi connectivity index (χ2n) is 5.05. The predicted octanol–water partition coefficient (Wildman–Crippen LogP) is 5.16. The molecule has 24 heavy (non-hydrogen) atoms. The van der Waals surface area contributed by atoms with Crippen molar-refractivity contribution in [2.45, 2.75) is 6.61 Å². The van der Waals surface area contributed by atoms with Crippen LogP contribution in [0.15, 0.2) is 35.3 Å². The molecule has 0 saturated heterocycles. The number of benzene rings is 2. The van der Waals surface area contributed by atoms with E-state index in [0.29, 0.717) is 16.5 Å². The SMILES string of the molecule is COc1cc(C2=NCCS2)cc(I)c1OCc1ccc(F)cc1Cl. The first-order chi connectivity index (χ1) is 11.6. The third-order valence-corrected chi connectivity index (χ3v) is 5.63. The van der Waals surface area contributed by atoms with Gasteiger partial charge in [-0.2, -0.15) is 0 Å². The zero-order chi connectivity index (χ0) is 17.1. The van der Waals surface area contributed by atoms with Gasteiger partial charge in [0, 0.05) is 23.4 Å². The van der Waals surface area contributed by atoms with Gasteiger partial charge in [0.05, 0.1) is 20.7 Å². The molecule has 0 aromatic heterocycles. The van der Waals surface area contributed by atoms with Crippen LogP contribution in [0.25, 0.3) is 0 Å². The lowest BCUT2D eigenvalue weighted by atomic mass is 10.2. The average Bonchev–Trinajstić information content (AvgIpc) is 3.09. The van der Waals surface area contributed by atoms with Crippen LogP contribution in [0.3, 0.4) is 0 Å². The van der Waals surface area contributed by atoms with Crippen LogP contribution in [0.4, 0.5) is 4.39 Å². The smallest absolute Gasteiger partial charge is 0.174 e. The third kappa shape index (κ3) is 3.97. The zero-order valence-corrected chi connectivity index (χ0v) is 16.5. The van der Waals surface area contributed by atoms with Crippen LogP contribution in [0.5, 0.6) is 11.5 Å². The van der Waals surface area contributed by atoms with Crippen LogP contribution < -0.4 is 9.47 Å². The van der Waals surface area contributed by atoms with Gasteiger partial charge in [0.25, 0.3) is 0 Å². The number of ether oxygens (including phenoxy) is 2. The van der Waals surface area contributed by atoms with E-state index in [1.807, 2.05) is 12.1 Å². The molecule has 0 amide bonds. The van der Waals surface area contributed by atoms with Crippen LogP contribution in [-0.4, -0.2) is 24.5 Å². The lowest BCUT2D eigenvalue weighted by Gasteiger charge is -2.15. The quantitative estimate of drug-likeness (QED) is 0.557. The van der Waals surface area contributed by atoms with E-state index in [1.54, 1.807) is 24.9 Å².